The van der Waals surface area contributed by atoms with E-state index in [1.807, 2.05) is 30.3 Å². The molecular weight excluding hydrogens is 212 g/mol. The average molecular weight is 224 g/mol. The van der Waals surface area contributed by atoms with Gasteiger partial charge in [-0.05, 0) is 23.8 Å². The molecule has 0 aromatic heterocycles. The van der Waals surface area contributed by atoms with Crippen LogP contribution in [-0.2, 0) is 6.61 Å². The van der Waals surface area contributed by atoms with Gasteiger partial charge < -0.3 is 9.84 Å². The second kappa shape index (κ2) is 5.09. The van der Waals surface area contributed by atoms with Gasteiger partial charge in [0, 0.05) is 5.56 Å². The van der Waals surface area contributed by atoms with Crippen molar-refractivity contribution in [3.63, 3.8) is 0 Å². The van der Waals surface area contributed by atoms with Crippen LogP contribution < -0.4 is 4.74 Å². The Labute approximate surface area is 100 Å². The summed E-state index contributed by atoms with van der Waals surface area (Å²) in [6.07, 6.45) is 5.23. The van der Waals surface area contributed by atoms with Gasteiger partial charge in [0.25, 0.3) is 0 Å². The first-order valence-corrected chi connectivity index (χ1v) is 5.26. The minimum atomic E-state index is 0.0661. The zero-order valence-electron chi connectivity index (χ0n) is 9.26. The van der Waals surface area contributed by atoms with Crippen molar-refractivity contribution in [2.45, 2.75) is 6.61 Å². The van der Waals surface area contributed by atoms with E-state index in [1.54, 1.807) is 12.1 Å². The number of ether oxygens (including phenoxy) is 1. The largest absolute Gasteiger partial charge is 0.504 e. The van der Waals surface area contributed by atoms with Gasteiger partial charge in [-0.3, -0.25) is 0 Å². The molecule has 0 aliphatic rings. The number of benzene rings is 2. The number of hydrogen-bond acceptors (Lipinski definition) is 2. The maximum absolute atomic E-state index is 9.68. The van der Waals surface area contributed by atoms with Crippen LogP contribution >= 0.6 is 0 Å². The molecule has 0 unspecified atom stereocenters. The van der Waals surface area contributed by atoms with Crippen LogP contribution in [0.4, 0.5) is 0 Å². The third kappa shape index (κ3) is 2.79. The summed E-state index contributed by atoms with van der Waals surface area (Å²) in [7, 11) is 0. The minimum Gasteiger partial charge on any atom is -0.504 e. The Morgan fingerprint density at radius 2 is 1.88 bits per heavy atom. The molecule has 2 heteroatoms. The molecule has 1 N–H and O–H groups in total. The van der Waals surface area contributed by atoms with Crippen LogP contribution in [-0.4, -0.2) is 5.11 Å². The Hall–Kier alpha value is -2.40. The Morgan fingerprint density at radius 3 is 2.53 bits per heavy atom. The lowest BCUT2D eigenvalue weighted by atomic mass is 10.2. The second-order valence-corrected chi connectivity index (χ2v) is 3.60. The molecule has 2 nitrogen and oxygen atoms in total. The molecular formula is C15H12O2. The molecule has 0 saturated carbocycles. The van der Waals surface area contributed by atoms with Crippen molar-refractivity contribution in [1.82, 2.24) is 0 Å². The topological polar surface area (TPSA) is 29.5 Å². The van der Waals surface area contributed by atoms with Crippen LogP contribution in [0.2, 0.25) is 0 Å². The molecule has 0 aliphatic carbocycles. The van der Waals surface area contributed by atoms with Crippen LogP contribution in [0.25, 0.3) is 0 Å². The van der Waals surface area contributed by atoms with Crippen molar-refractivity contribution in [1.29, 1.82) is 0 Å². The van der Waals surface area contributed by atoms with E-state index in [1.165, 1.54) is 6.07 Å². The third-order valence-electron chi connectivity index (χ3n) is 2.36. The quantitative estimate of drug-likeness (QED) is 0.812. The van der Waals surface area contributed by atoms with Crippen LogP contribution in [0, 0.1) is 12.3 Å². The molecule has 0 saturated heterocycles. The number of terminal acetylenes is 1. The van der Waals surface area contributed by atoms with Crippen molar-refractivity contribution in [3.8, 4) is 23.8 Å². The summed E-state index contributed by atoms with van der Waals surface area (Å²) in [6, 6.07) is 14.7. The van der Waals surface area contributed by atoms with Gasteiger partial charge in [0.2, 0.25) is 0 Å². The molecule has 0 radical (unpaired) electrons. The molecule has 2 aromatic carbocycles. The number of rotatable bonds is 3. The number of aromatic hydroxyl groups is 1. The summed E-state index contributed by atoms with van der Waals surface area (Å²) >= 11 is 0. The second-order valence-electron chi connectivity index (χ2n) is 3.60. The highest BCUT2D eigenvalue weighted by atomic mass is 16.5. The highest BCUT2D eigenvalue weighted by Gasteiger charge is 2.03. The molecule has 0 atom stereocenters. The Balaban J connectivity index is 2.08. The summed E-state index contributed by atoms with van der Waals surface area (Å²) in [4.78, 5) is 0. The molecule has 0 bridgehead atoms. The molecule has 0 aliphatic heterocycles. The minimum absolute atomic E-state index is 0.0661. The average Bonchev–Trinajstić information content (AvgIpc) is 2.38. The predicted octanol–water partition coefficient (Wildman–Crippen LogP) is 2.95. The molecule has 0 heterocycles. The van der Waals surface area contributed by atoms with Gasteiger partial charge in [-0.1, -0.05) is 36.3 Å². The Kier molecular flexibility index (Phi) is 3.32. The van der Waals surface area contributed by atoms with Crippen molar-refractivity contribution in [2.24, 2.45) is 0 Å². The van der Waals surface area contributed by atoms with Gasteiger partial charge in [0.15, 0.2) is 11.5 Å². The molecule has 2 rings (SSSR count). The van der Waals surface area contributed by atoms with Crippen molar-refractivity contribution in [3.05, 3.63) is 59.7 Å². The predicted molar refractivity (Wildman–Crippen MR) is 66.8 cm³/mol. The first-order chi connectivity index (χ1) is 8.29. The van der Waals surface area contributed by atoms with Crippen molar-refractivity contribution in [2.75, 3.05) is 0 Å². The molecule has 0 spiro atoms. The maximum atomic E-state index is 9.68. The van der Waals surface area contributed by atoms with E-state index in [0.717, 1.165) is 5.56 Å². The molecule has 0 amide bonds. The lowest BCUT2D eigenvalue weighted by Crippen LogP contribution is -1.95. The van der Waals surface area contributed by atoms with Gasteiger partial charge >= 0.3 is 0 Å². The first kappa shape index (κ1) is 11.1. The summed E-state index contributed by atoms with van der Waals surface area (Å²) in [6.45, 7) is 0.420. The zero-order chi connectivity index (χ0) is 12.1. The fourth-order valence-electron chi connectivity index (χ4n) is 1.46. The van der Waals surface area contributed by atoms with E-state index in [-0.39, 0.29) is 5.75 Å². The van der Waals surface area contributed by atoms with Gasteiger partial charge in [0.1, 0.15) is 6.61 Å². The van der Waals surface area contributed by atoms with Gasteiger partial charge in [-0.25, -0.2) is 0 Å². The lowest BCUT2D eigenvalue weighted by molar-refractivity contribution is 0.289. The van der Waals surface area contributed by atoms with E-state index in [4.69, 9.17) is 11.2 Å². The van der Waals surface area contributed by atoms with Crippen LogP contribution in [0.3, 0.4) is 0 Å². The first-order valence-electron chi connectivity index (χ1n) is 5.26. The Bertz CT molecular complexity index is 539. The van der Waals surface area contributed by atoms with Gasteiger partial charge in [-0.2, -0.15) is 0 Å². The van der Waals surface area contributed by atoms with E-state index in [9.17, 15) is 5.11 Å². The SMILES string of the molecule is C#Cc1ccc(OCc2ccccc2)c(O)c1. The number of phenols is 1. The van der Waals surface area contributed by atoms with Gasteiger partial charge in [-0.15, -0.1) is 6.42 Å². The fraction of sp³-hybridized carbons (Fsp3) is 0.0667. The molecule has 17 heavy (non-hydrogen) atoms. The monoisotopic (exact) mass is 224 g/mol. The highest BCUT2D eigenvalue weighted by molar-refractivity contribution is 5.46. The van der Waals surface area contributed by atoms with E-state index >= 15 is 0 Å². The standard InChI is InChI=1S/C15H12O2/c1-2-12-8-9-15(14(16)10-12)17-11-13-6-4-3-5-7-13/h1,3-10,16H,11H2. The highest BCUT2D eigenvalue weighted by Crippen LogP contribution is 2.27. The van der Waals surface area contributed by atoms with Crippen molar-refractivity contribution < 1.29 is 9.84 Å². The van der Waals surface area contributed by atoms with E-state index < -0.39 is 0 Å². The smallest absolute Gasteiger partial charge is 0.161 e. The lowest BCUT2D eigenvalue weighted by Gasteiger charge is -2.08. The summed E-state index contributed by atoms with van der Waals surface area (Å²) in [5, 5.41) is 9.68. The number of hydrogen-bond donors (Lipinski definition) is 1. The van der Waals surface area contributed by atoms with Crippen molar-refractivity contribution >= 4 is 0 Å². The zero-order valence-corrected chi connectivity index (χ0v) is 9.26. The van der Waals surface area contributed by atoms with E-state index in [0.29, 0.717) is 17.9 Å². The molecule has 0 fully saturated rings. The third-order valence-corrected chi connectivity index (χ3v) is 2.36. The summed E-state index contributed by atoms with van der Waals surface area (Å²) < 4.78 is 5.50. The Morgan fingerprint density at radius 1 is 1.12 bits per heavy atom. The molecule has 2 aromatic rings. The number of phenolic OH excluding ortho intramolecular Hbond substituents is 1. The fourth-order valence-corrected chi connectivity index (χ4v) is 1.46. The van der Waals surface area contributed by atoms with Gasteiger partial charge in [0.05, 0.1) is 0 Å². The normalized spacial score (nSPS) is 9.59. The van der Waals surface area contributed by atoms with Crippen LogP contribution in [0.15, 0.2) is 48.5 Å². The summed E-state index contributed by atoms with van der Waals surface area (Å²) in [5.74, 6) is 2.96. The molecule has 84 valence electrons. The maximum Gasteiger partial charge on any atom is 0.161 e. The van der Waals surface area contributed by atoms with Crippen LogP contribution in [0.1, 0.15) is 11.1 Å². The van der Waals surface area contributed by atoms with E-state index in [2.05, 4.69) is 5.92 Å². The summed E-state index contributed by atoms with van der Waals surface area (Å²) in [5.41, 5.74) is 1.68. The van der Waals surface area contributed by atoms with Crippen LogP contribution in [0.5, 0.6) is 11.5 Å².